The third kappa shape index (κ3) is 7.26. The van der Waals surface area contributed by atoms with Crippen LogP contribution in [0.1, 0.15) is 36.7 Å². The van der Waals surface area contributed by atoms with Gasteiger partial charge in [-0.1, -0.05) is 44.2 Å². The molecule has 4 N–H and O–H groups in total. The highest BCUT2D eigenvalue weighted by Gasteiger charge is 2.29. The molecular formula is C23H27N3O5. The van der Waals surface area contributed by atoms with E-state index in [1.54, 1.807) is 13.8 Å². The van der Waals surface area contributed by atoms with E-state index in [-0.39, 0.29) is 18.2 Å². The lowest BCUT2D eigenvalue weighted by Crippen LogP contribution is -2.47. The Bertz CT molecular complexity index is 926. The lowest BCUT2D eigenvalue weighted by Gasteiger charge is -2.23. The Kier molecular flexibility index (Phi) is 8.31. The van der Waals surface area contributed by atoms with E-state index >= 15 is 0 Å². The zero-order chi connectivity index (χ0) is 23.0. The molecule has 0 saturated carbocycles. The first-order valence-corrected chi connectivity index (χ1v) is 9.92. The topological polar surface area (TPSA) is 128 Å². The maximum atomic E-state index is 12.6. The predicted molar refractivity (Wildman–Crippen MR) is 116 cm³/mol. The average molecular weight is 425 g/mol. The summed E-state index contributed by atoms with van der Waals surface area (Å²) in [5.41, 5.74) is 6.74. The van der Waals surface area contributed by atoms with Crippen LogP contribution in [0.25, 0.3) is 0 Å². The van der Waals surface area contributed by atoms with Gasteiger partial charge in [-0.15, -0.1) is 0 Å². The van der Waals surface area contributed by atoms with Crippen molar-refractivity contribution in [2.45, 2.75) is 39.3 Å². The quantitative estimate of drug-likeness (QED) is 0.530. The van der Waals surface area contributed by atoms with Crippen molar-refractivity contribution in [1.29, 1.82) is 0 Å². The van der Waals surface area contributed by atoms with E-state index in [1.165, 1.54) is 31.2 Å². The molecule has 0 aliphatic heterocycles. The number of nitrogens with two attached hydrogens (primary N) is 1. The van der Waals surface area contributed by atoms with Gasteiger partial charge in [0.2, 0.25) is 11.8 Å². The first-order chi connectivity index (χ1) is 14.7. The summed E-state index contributed by atoms with van der Waals surface area (Å²) in [5, 5.41) is 5.29. The number of hydrogen-bond donors (Lipinski definition) is 3. The molecule has 0 fully saturated rings. The number of esters is 1. The fourth-order valence-electron chi connectivity index (χ4n) is 2.77. The Morgan fingerprint density at radius 2 is 1.55 bits per heavy atom. The number of hydrogen-bond acceptors (Lipinski definition) is 5. The lowest BCUT2D eigenvalue weighted by molar-refractivity contribution is -0.157. The minimum Gasteiger partial charge on any atom is -0.451 e. The SMILES string of the molecule is CC(C)[C@H](NC(=O)Cc1ccccc1)C(=O)O[C@@H](C)C(=O)Nc1ccc(C(N)=O)cc1. The average Bonchev–Trinajstić information content (AvgIpc) is 2.72. The number of benzene rings is 2. The summed E-state index contributed by atoms with van der Waals surface area (Å²) in [7, 11) is 0. The van der Waals surface area contributed by atoms with E-state index in [1.807, 2.05) is 30.3 Å². The van der Waals surface area contributed by atoms with Crippen LogP contribution in [-0.2, 0) is 25.5 Å². The summed E-state index contributed by atoms with van der Waals surface area (Å²) in [4.78, 5) is 48.4. The Balaban J connectivity index is 1.93. The molecule has 2 rings (SSSR count). The van der Waals surface area contributed by atoms with Gasteiger partial charge in [-0.2, -0.15) is 0 Å². The van der Waals surface area contributed by atoms with Crippen LogP contribution in [0.4, 0.5) is 5.69 Å². The highest BCUT2D eigenvalue weighted by Crippen LogP contribution is 2.12. The summed E-state index contributed by atoms with van der Waals surface area (Å²) >= 11 is 0. The molecule has 0 aliphatic carbocycles. The molecule has 0 heterocycles. The fraction of sp³-hybridized carbons (Fsp3) is 0.304. The van der Waals surface area contributed by atoms with Crippen LogP contribution < -0.4 is 16.4 Å². The highest BCUT2D eigenvalue weighted by molar-refractivity contribution is 5.97. The van der Waals surface area contributed by atoms with Crippen molar-refractivity contribution in [3.8, 4) is 0 Å². The van der Waals surface area contributed by atoms with Crippen molar-refractivity contribution < 1.29 is 23.9 Å². The van der Waals surface area contributed by atoms with Crippen LogP contribution in [0, 0.1) is 5.92 Å². The van der Waals surface area contributed by atoms with Gasteiger partial charge in [0.25, 0.3) is 5.91 Å². The highest BCUT2D eigenvalue weighted by atomic mass is 16.5. The van der Waals surface area contributed by atoms with Gasteiger partial charge in [0, 0.05) is 11.3 Å². The van der Waals surface area contributed by atoms with Gasteiger partial charge in [-0.05, 0) is 42.7 Å². The molecule has 0 aromatic heterocycles. The molecule has 31 heavy (non-hydrogen) atoms. The van der Waals surface area contributed by atoms with Crippen LogP contribution in [0.3, 0.4) is 0 Å². The molecule has 0 unspecified atom stereocenters. The van der Waals surface area contributed by atoms with Gasteiger partial charge in [-0.3, -0.25) is 14.4 Å². The normalized spacial score (nSPS) is 12.5. The van der Waals surface area contributed by atoms with Gasteiger partial charge >= 0.3 is 5.97 Å². The Hall–Kier alpha value is -3.68. The number of anilines is 1. The first kappa shape index (κ1) is 23.6. The zero-order valence-electron chi connectivity index (χ0n) is 17.8. The van der Waals surface area contributed by atoms with Crippen LogP contribution in [0.15, 0.2) is 54.6 Å². The number of ether oxygens (including phenoxy) is 1. The molecule has 2 atom stereocenters. The monoisotopic (exact) mass is 425 g/mol. The molecule has 2 aromatic rings. The van der Waals surface area contributed by atoms with Crippen LogP contribution in [0.5, 0.6) is 0 Å². The van der Waals surface area contributed by atoms with Gasteiger partial charge in [0.05, 0.1) is 6.42 Å². The molecule has 8 heteroatoms. The number of rotatable bonds is 9. The predicted octanol–water partition coefficient (Wildman–Crippen LogP) is 2.04. The molecule has 0 aliphatic rings. The second-order valence-corrected chi connectivity index (χ2v) is 7.46. The summed E-state index contributed by atoms with van der Waals surface area (Å²) in [6.07, 6.45) is -0.954. The number of primary amides is 1. The van der Waals surface area contributed by atoms with E-state index in [0.29, 0.717) is 11.3 Å². The van der Waals surface area contributed by atoms with E-state index in [9.17, 15) is 19.2 Å². The van der Waals surface area contributed by atoms with E-state index in [0.717, 1.165) is 5.56 Å². The maximum absolute atomic E-state index is 12.6. The molecule has 2 aromatic carbocycles. The fourth-order valence-corrected chi connectivity index (χ4v) is 2.77. The number of carbonyl (C=O) groups is 4. The number of carbonyl (C=O) groups excluding carboxylic acids is 4. The largest absolute Gasteiger partial charge is 0.451 e. The van der Waals surface area contributed by atoms with E-state index in [2.05, 4.69) is 10.6 Å². The smallest absolute Gasteiger partial charge is 0.329 e. The van der Waals surface area contributed by atoms with Crippen molar-refractivity contribution in [2.24, 2.45) is 11.7 Å². The van der Waals surface area contributed by atoms with E-state index in [4.69, 9.17) is 10.5 Å². The molecule has 0 spiro atoms. The lowest BCUT2D eigenvalue weighted by atomic mass is 10.0. The molecule has 8 nitrogen and oxygen atoms in total. The number of amides is 3. The first-order valence-electron chi connectivity index (χ1n) is 9.92. The van der Waals surface area contributed by atoms with Crippen molar-refractivity contribution in [1.82, 2.24) is 5.32 Å². The Labute approximate surface area is 181 Å². The third-order valence-corrected chi connectivity index (χ3v) is 4.54. The molecule has 3 amide bonds. The molecule has 164 valence electrons. The van der Waals surface area contributed by atoms with Crippen molar-refractivity contribution in [2.75, 3.05) is 5.32 Å². The Morgan fingerprint density at radius 3 is 2.10 bits per heavy atom. The van der Waals surface area contributed by atoms with Crippen LogP contribution in [0.2, 0.25) is 0 Å². The standard InChI is InChI=1S/C23H27N3O5/c1-14(2)20(26-19(27)13-16-7-5-4-6-8-16)23(30)31-15(3)22(29)25-18-11-9-17(10-12-18)21(24)28/h4-12,14-15,20H,13H2,1-3H3,(H2,24,28)(H,25,29)(H,26,27)/t15-,20-/m0/s1. The summed E-state index contributed by atoms with van der Waals surface area (Å²) < 4.78 is 5.28. The van der Waals surface area contributed by atoms with Crippen molar-refractivity contribution in [3.63, 3.8) is 0 Å². The van der Waals surface area contributed by atoms with Gasteiger partial charge in [-0.25, -0.2) is 4.79 Å². The molecular weight excluding hydrogens is 398 g/mol. The zero-order valence-corrected chi connectivity index (χ0v) is 17.8. The van der Waals surface area contributed by atoms with Gasteiger partial charge in [0.15, 0.2) is 6.10 Å². The summed E-state index contributed by atoms with van der Waals surface area (Å²) in [6.45, 7) is 4.99. The van der Waals surface area contributed by atoms with Crippen molar-refractivity contribution in [3.05, 3.63) is 65.7 Å². The number of nitrogens with one attached hydrogen (secondary N) is 2. The Morgan fingerprint density at radius 1 is 0.935 bits per heavy atom. The maximum Gasteiger partial charge on any atom is 0.329 e. The van der Waals surface area contributed by atoms with E-state index < -0.39 is 29.9 Å². The minimum atomic E-state index is -1.09. The summed E-state index contributed by atoms with van der Waals surface area (Å²) in [5.74, 6) is -2.35. The minimum absolute atomic E-state index is 0.134. The summed E-state index contributed by atoms with van der Waals surface area (Å²) in [6, 6.07) is 14.3. The van der Waals surface area contributed by atoms with Gasteiger partial charge < -0.3 is 21.1 Å². The molecule has 0 saturated heterocycles. The second kappa shape index (κ2) is 10.9. The molecule has 0 radical (unpaired) electrons. The van der Waals surface area contributed by atoms with Crippen molar-refractivity contribution >= 4 is 29.4 Å². The van der Waals surface area contributed by atoms with Crippen LogP contribution >= 0.6 is 0 Å². The van der Waals surface area contributed by atoms with Gasteiger partial charge in [0.1, 0.15) is 6.04 Å². The van der Waals surface area contributed by atoms with Crippen LogP contribution in [-0.4, -0.2) is 35.8 Å². The third-order valence-electron chi connectivity index (χ3n) is 4.54. The second-order valence-electron chi connectivity index (χ2n) is 7.46. The molecule has 0 bridgehead atoms.